The molecule has 18 heavy (non-hydrogen) atoms. The highest BCUT2D eigenvalue weighted by Crippen LogP contribution is 2.20. The van der Waals surface area contributed by atoms with Crippen LogP contribution in [0.4, 0.5) is 4.39 Å². The van der Waals surface area contributed by atoms with Gasteiger partial charge in [0.15, 0.2) is 0 Å². The highest BCUT2D eigenvalue weighted by Gasteiger charge is 2.19. The number of hydrogen-bond acceptors (Lipinski definition) is 4. The van der Waals surface area contributed by atoms with Gasteiger partial charge in [0.25, 0.3) is 0 Å². The molecule has 1 rings (SSSR count). The Morgan fingerprint density at radius 1 is 1.44 bits per heavy atom. The summed E-state index contributed by atoms with van der Waals surface area (Å²) < 4.78 is 40.1. The first-order valence-electron chi connectivity index (χ1n) is 5.40. The highest BCUT2D eigenvalue weighted by molar-refractivity contribution is 7.98. The number of thioether (sulfide) groups is 1. The van der Waals surface area contributed by atoms with Crippen molar-refractivity contribution in [2.75, 3.05) is 18.6 Å². The minimum atomic E-state index is -3.68. The van der Waals surface area contributed by atoms with Crippen molar-refractivity contribution in [2.45, 2.75) is 18.4 Å². The van der Waals surface area contributed by atoms with Crippen molar-refractivity contribution >= 4 is 21.8 Å². The van der Waals surface area contributed by atoms with E-state index in [4.69, 9.17) is 5.73 Å². The predicted octanol–water partition coefficient (Wildman–Crippen LogP) is 1.23. The molecule has 0 aliphatic carbocycles. The van der Waals surface area contributed by atoms with Gasteiger partial charge in [-0.2, -0.15) is 11.8 Å². The van der Waals surface area contributed by atoms with E-state index >= 15 is 0 Å². The second kappa shape index (κ2) is 6.51. The molecule has 4 nitrogen and oxygen atoms in total. The van der Waals surface area contributed by atoms with Gasteiger partial charge in [-0.15, -0.1) is 0 Å². The zero-order valence-electron chi connectivity index (χ0n) is 10.4. The quantitative estimate of drug-likeness (QED) is 0.774. The van der Waals surface area contributed by atoms with Crippen LogP contribution in [0.3, 0.4) is 0 Å². The molecule has 0 spiro atoms. The Kier molecular flexibility index (Phi) is 5.58. The maximum Gasteiger partial charge on any atom is 0.240 e. The molecule has 0 unspecified atom stereocenters. The molecule has 0 bridgehead atoms. The topological polar surface area (TPSA) is 72.2 Å². The lowest BCUT2D eigenvalue weighted by molar-refractivity contribution is 0.576. The molecular weight excluding hydrogens is 275 g/mol. The summed E-state index contributed by atoms with van der Waals surface area (Å²) >= 11 is 1.53. The normalized spacial score (nSPS) is 11.8. The molecule has 102 valence electrons. The summed E-state index contributed by atoms with van der Waals surface area (Å²) in [5.74, 6) is 0.111. The van der Waals surface area contributed by atoms with E-state index in [2.05, 4.69) is 4.72 Å². The molecule has 3 N–H and O–H groups in total. The van der Waals surface area contributed by atoms with Gasteiger partial charge in [-0.1, -0.05) is 0 Å². The number of benzene rings is 1. The van der Waals surface area contributed by atoms with E-state index in [1.165, 1.54) is 30.8 Å². The minimum absolute atomic E-state index is 0.0379. The van der Waals surface area contributed by atoms with E-state index in [-0.39, 0.29) is 17.0 Å². The van der Waals surface area contributed by atoms with Crippen LogP contribution in [0.25, 0.3) is 0 Å². The molecule has 0 saturated heterocycles. The highest BCUT2D eigenvalue weighted by atomic mass is 32.2. The van der Waals surface area contributed by atoms with E-state index in [9.17, 15) is 12.8 Å². The number of sulfonamides is 1. The molecule has 0 aliphatic rings. The van der Waals surface area contributed by atoms with Crippen molar-refractivity contribution in [1.29, 1.82) is 0 Å². The van der Waals surface area contributed by atoms with Gasteiger partial charge in [0.2, 0.25) is 10.0 Å². The molecule has 0 fully saturated rings. The van der Waals surface area contributed by atoms with Crippen molar-refractivity contribution in [3.05, 3.63) is 29.1 Å². The van der Waals surface area contributed by atoms with E-state index in [1.54, 1.807) is 0 Å². The predicted molar refractivity (Wildman–Crippen MR) is 72.6 cm³/mol. The smallest absolute Gasteiger partial charge is 0.240 e. The number of halogens is 1. The van der Waals surface area contributed by atoms with Gasteiger partial charge in [-0.3, -0.25) is 0 Å². The van der Waals surface area contributed by atoms with Crippen LogP contribution in [0, 0.1) is 12.7 Å². The summed E-state index contributed by atoms with van der Waals surface area (Å²) in [6, 6.07) is 2.68. The molecule has 0 amide bonds. The molecule has 0 aromatic heterocycles. The molecule has 0 radical (unpaired) electrons. The lowest BCUT2D eigenvalue weighted by Gasteiger charge is -2.11. The van der Waals surface area contributed by atoms with Crippen molar-refractivity contribution < 1.29 is 12.8 Å². The SMILES string of the molecule is CSCCNS(=O)(=O)c1cc(CN)cc(F)c1C. The fourth-order valence-electron chi connectivity index (χ4n) is 1.46. The molecule has 0 heterocycles. The van der Waals surface area contributed by atoms with E-state index < -0.39 is 15.8 Å². The Morgan fingerprint density at radius 3 is 2.67 bits per heavy atom. The van der Waals surface area contributed by atoms with Gasteiger partial charge >= 0.3 is 0 Å². The van der Waals surface area contributed by atoms with Gasteiger partial charge in [0, 0.05) is 24.4 Å². The molecular formula is C11H17FN2O2S2. The lowest BCUT2D eigenvalue weighted by atomic mass is 10.1. The maximum atomic E-state index is 13.6. The van der Waals surface area contributed by atoms with Crippen LogP contribution in [0.5, 0.6) is 0 Å². The van der Waals surface area contributed by atoms with Gasteiger partial charge in [0.1, 0.15) is 5.82 Å². The average Bonchev–Trinajstić information content (AvgIpc) is 2.32. The first-order chi connectivity index (χ1) is 8.42. The van der Waals surface area contributed by atoms with Gasteiger partial charge in [-0.05, 0) is 30.9 Å². The average molecular weight is 292 g/mol. The molecule has 1 aromatic rings. The van der Waals surface area contributed by atoms with Gasteiger partial charge in [-0.25, -0.2) is 17.5 Å². The van der Waals surface area contributed by atoms with E-state index in [0.717, 1.165) is 0 Å². The Balaban J connectivity index is 3.11. The zero-order valence-corrected chi connectivity index (χ0v) is 12.0. The van der Waals surface area contributed by atoms with Gasteiger partial charge in [0.05, 0.1) is 4.90 Å². The Labute approximate surface area is 111 Å². The number of nitrogens with two attached hydrogens (primary N) is 1. The monoisotopic (exact) mass is 292 g/mol. The van der Waals surface area contributed by atoms with Crippen LogP contribution in [0.1, 0.15) is 11.1 Å². The Morgan fingerprint density at radius 2 is 2.11 bits per heavy atom. The summed E-state index contributed by atoms with van der Waals surface area (Å²) in [4.78, 5) is -0.0379. The van der Waals surface area contributed by atoms with Crippen molar-refractivity contribution in [1.82, 2.24) is 4.72 Å². The first-order valence-corrected chi connectivity index (χ1v) is 8.27. The number of rotatable bonds is 6. The first kappa shape index (κ1) is 15.4. The van der Waals surface area contributed by atoms with E-state index in [0.29, 0.717) is 17.9 Å². The van der Waals surface area contributed by atoms with E-state index in [1.807, 2.05) is 6.26 Å². The maximum absolute atomic E-state index is 13.6. The molecule has 7 heteroatoms. The summed E-state index contributed by atoms with van der Waals surface area (Å²) in [5, 5.41) is 0. The van der Waals surface area contributed by atoms with Crippen molar-refractivity contribution in [2.24, 2.45) is 5.73 Å². The molecule has 0 atom stereocenters. The van der Waals surface area contributed by atoms with Crippen LogP contribution in [0.15, 0.2) is 17.0 Å². The standard InChI is InChI=1S/C11H17FN2O2S2/c1-8-10(12)5-9(7-13)6-11(8)18(15,16)14-3-4-17-2/h5-6,14H,3-4,7,13H2,1-2H3. The fourth-order valence-corrected chi connectivity index (χ4v) is 3.23. The van der Waals surface area contributed by atoms with Crippen LogP contribution < -0.4 is 10.5 Å². The van der Waals surface area contributed by atoms with Crippen molar-refractivity contribution in [3.63, 3.8) is 0 Å². The molecule has 0 aliphatic heterocycles. The van der Waals surface area contributed by atoms with Crippen LogP contribution >= 0.6 is 11.8 Å². The van der Waals surface area contributed by atoms with Crippen LogP contribution in [-0.2, 0) is 16.6 Å². The summed E-state index contributed by atoms with van der Waals surface area (Å²) in [6.07, 6.45) is 1.88. The minimum Gasteiger partial charge on any atom is -0.326 e. The third-order valence-electron chi connectivity index (χ3n) is 2.48. The number of nitrogens with one attached hydrogen (secondary N) is 1. The van der Waals surface area contributed by atoms with Crippen molar-refractivity contribution in [3.8, 4) is 0 Å². The zero-order chi connectivity index (χ0) is 13.8. The second-order valence-corrected chi connectivity index (χ2v) is 6.52. The summed E-state index contributed by atoms with van der Waals surface area (Å²) in [7, 11) is -3.68. The van der Waals surface area contributed by atoms with Crippen LogP contribution in [0.2, 0.25) is 0 Å². The van der Waals surface area contributed by atoms with Gasteiger partial charge < -0.3 is 5.73 Å². The molecule has 0 saturated carbocycles. The summed E-state index contributed by atoms with van der Waals surface area (Å²) in [5.41, 5.74) is 5.99. The Hall–Kier alpha value is -0.630. The fraction of sp³-hybridized carbons (Fsp3) is 0.455. The lowest BCUT2D eigenvalue weighted by Crippen LogP contribution is -2.27. The third-order valence-corrected chi connectivity index (χ3v) is 4.68. The molecule has 1 aromatic carbocycles. The largest absolute Gasteiger partial charge is 0.326 e. The Bertz CT molecular complexity index is 518. The van der Waals surface area contributed by atoms with Crippen LogP contribution in [-0.4, -0.2) is 27.0 Å². The number of hydrogen-bond donors (Lipinski definition) is 2. The summed E-state index contributed by atoms with van der Waals surface area (Å²) in [6.45, 7) is 1.86. The second-order valence-electron chi connectivity index (χ2n) is 3.80. The third kappa shape index (κ3) is 3.68.